The lowest BCUT2D eigenvalue weighted by molar-refractivity contribution is 0.570. The summed E-state index contributed by atoms with van der Waals surface area (Å²) >= 11 is 0. The molecule has 0 aliphatic rings. The smallest absolute Gasteiger partial charge is 0.211 e. The number of hydrogen-bond acceptors (Lipinski definition) is 3. The van der Waals surface area contributed by atoms with E-state index < -0.39 is 10.0 Å². The number of nitrogens with zero attached hydrogens (tertiary/aromatic N) is 2. The van der Waals surface area contributed by atoms with Gasteiger partial charge in [-0.05, 0) is 55.0 Å². The van der Waals surface area contributed by atoms with E-state index in [4.69, 9.17) is 0 Å². The van der Waals surface area contributed by atoms with E-state index in [9.17, 15) is 8.42 Å². The number of sulfonamides is 1. The van der Waals surface area contributed by atoms with Crippen molar-refractivity contribution < 1.29 is 8.42 Å². The van der Waals surface area contributed by atoms with Gasteiger partial charge < -0.3 is 4.57 Å². The molecular weight excluding hydrogens is 334 g/mol. The molecule has 0 saturated carbocycles. The average Bonchev–Trinajstić information content (AvgIpc) is 2.93. The number of para-hydroxylation sites is 1. The zero-order valence-electron chi connectivity index (χ0n) is 14.4. The Morgan fingerprint density at radius 1 is 1.12 bits per heavy atom. The highest BCUT2D eigenvalue weighted by atomic mass is 32.2. The summed E-state index contributed by atoms with van der Waals surface area (Å²) in [6.45, 7) is 3.33. The zero-order valence-corrected chi connectivity index (χ0v) is 15.2. The largest absolute Gasteiger partial charge is 0.345 e. The van der Waals surface area contributed by atoms with E-state index in [2.05, 4.69) is 39.4 Å². The molecule has 132 valence electrons. The Morgan fingerprint density at radius 3 is 2.68 bits per heavy atom. The molecule has 0 saturated heterocycles. The first-order valence-electron chi connectivity index (χ1n) is 8.46. The molecule has 0 radical (unpaired) electrons. The molecule has 2 heterocycles. The van der Waals surface area contributed by atoms with E-state index in [1.165, 1.54) is 16.6 Å². The fourth-order valence-corrected chi connectivity index (χ4v) is 4.09. The first-order valence-corrected chi connectivity index (χ1v) is 10.1. The molecule has 0 bridgehead atoms. The SMILES string of the molecule is Cc1cc2ccccc2n1CCCNS(=O)(=O)CCc1ccncc1. The Bertz CT molecular complexity index is 934. The van der Waals surface area contributed by atoms with Crippen LogP contribution in [0.25, 0.3) is 10.9 Å². The lowest BCUT2D eigenvalue weighted by Crippen LogP contribution is -2.28. The maximum atomic E-state index is 12.1. The van der Waals surface area contributed by atoms with Gasteiger partial charge in [0.25, 0.3) is 0 Å². The van der Waals surface area contributed by atoms with Crippen LogP contribution in [0.5, 0.6) is 0 Å². The summed E-state index contributed by atoms with van der Waals surface area (Å²) in [7, 11) is -3.25. The zero-order chi connectivity index (χ0) is 17.7. The number of hydrogen-bond donors (Lipinski definition) is 1. The fraction of sp³-hybridized carbons (Fsp3) is 0.316. The maximum Gasteiger partial charge on any atom is 0.211 e. The van der Waals surface area contributed by atoms with Gasteiger partial charge in [0, 0.05) is 36.7 Å². The van der Waals surface area contributed by atoms with Gasteiger partial charge in [-0.2, -0.15) is 0 Å². The van der Waals surface area contributed by atoms with Gasteiger partial charge in [-0.3, -0.25) is 4.98 Å². The van der Waals surface area contributed by atoms with Crippen molar-refractivity contribution in [3.8, 4) is 0 Å². The van der Waals surface area contributed by atoms with Crippen LogP contribution in [-0.2, 0) is 23.0 Å². The van der Waals surface area contributed by atoms with Crippen molar-refractivity contribution in [3.05, 3.63) is 66.1 Å². The molecule has 6 heteroatoms. The second-order valence-electron chi connectivity index (χ2n) is 6.17. The third-order valence-corrected chi connectivity index (χ3v) is 5.69. The van der Waals surface area contributed by atoms with Crippen molar-refractivity contribution in [2.24, 2.45) is 0 Å². The summed E-state index contributed by atoms with van der Waals surface area (Å²) in [6.07, 6.45) is 4.62. The molecule has 3 aromatic rings. The molecule has 25 heavy (non-hydrogen) atoms. The van der Waals surface area contributed by atoms with Gasteiger partial charge in [-0.25, -0.2) is 13.1 Å². The van der Waals surface area contributed by atoms with Crippen LogP contribution in [0.3, 0.4) is 0 Å². The van der Waals surface area contributed by atoms with Crippen molar-refractivity contribution in [1.29, 1.82) is 0 Å². The molecule has 0 fully saturated rings. The Morgan fingerprint density at radius 2 is 1.88 bits per heavy atom. The molecule has 0 aliphatic carbocycles. The standard InChI is InChI=1S/C19H23N3O2S/c1-16-15-18-5-2-3-6-19(18)22(16)13-4-10-21-25(23,24)14-9-17-7-11-20-12-8-17/h2-3,5-8,11-12,15,21H,4,9-10,13-14H2,1H3. The molecule has 2 aromatic heterocycles. The summed E-state index contributed by atoms with van der Waals surface area (Å²) in [5.74, 6) is 0.0997. The van der Waals surface area contributed by atoms with Crippen LogP contribution in [-0.4, -0.2) is 30.3 Å². The predicted molar refractivity (Wildman–Crippen MR) is 101 cm³/mol. The Balaban J connectivity index is 1.49. The summed E-state index contributed by atoms with van der Waals surface area (Å²) in [6, 6.07) is 14.1. The lowest BCUT2D eigenvalue weighted by atomic mass is 10.2. The minimum Gasteiger partial charge on any atom is -0.345 e. The van der Waals surface area contributed by atoms with Crippen molar-refractivity contribution >= 4 is 20.9 Å². The molecule has 3 rings (SSSR count). The second kappa shape index (κ2) is 7.80. The van der Waals surface area contributed by atoms with Crippen LogP contribution < -0.4 is 4.72 Å². The van der Waals surface area contributed by atoms with E-state index in [0.717, 1.165) is 18.5 Å². The third-order valence-electron chi connectivity index (χ3n) is 4.31. The van der Waals surface area contributed by atoms with Crippen LogP contribution in [0, 0.1) is 6.92 Å². The molecule has 0 aliphatic heterocycles. The molecule has 0 atom stereocenters. The quantitative estimate of drug-likeness (QED) is 0.631. The van der Waals surface area contributed by atoms with E-state index in [0.29, 0.717) is 13.0 Å². The van der Waals surface area contributed by atoms with Crippen LogP contribution in [0.1, 0.15) is 17.7 Å². The first kappa shape index (κ1) is 17.6. The monoisotopic (exact) mass is 357 g/mol. The molecule has 0 spiro atoms. The Kier molecular flexibility index (Phi) is 5.50. The van der Waals surface area contributed by atoms with Crippen molar-refractivity contribution in [2.75, 3.05) is 12.3 Å². The van der Waals surface area contributed by atoms with E-state index in [1.54, 1.807) is 12.4 Å². The minimum absolute atomic E-state index is 0.0997. The highest BCUT2D eigenvalue weighted by Gasteiger charge is 2.10. The lowest BCUT2D eigenvalue weighted by Gasteiger charge is -2.10. The number of aromatic nitrogens is 2. The summed E-state index contributed by atoms with van der Waals surface area (Å²) in [5.41, 5.74) is 3.37. The van der Waals surface area contributed by atoms with Crippen LogP contribution in [0.15, 0.2) is 54.9 Å². The van der Waals surface area contributed by atoms with Crippen LogP contribution >= 0.6 is 0 Å². The Labute approximate surface area is 148 Å². The van der Waals surface area contributed by atoms with Crippen molar-refractivity contribution in [1.82, 2.24) is 14.3 Å². The topological polar surface area (TPSA) is 64.0 Å². The highest BCUT2D eigenvalue weighted by Crippen LogP contribution is 2.19. The number of fused-ring (bicyclic) bond motifs is 1. The predicted octanol–water partition coefficient (Wildman–Crippen LogP) is 2.90. The van der Waals surface area contributed by atoms with E-state index in [-0.39, 0.29) is 5.75 Å². The van der Waals surface area contributed by atoms with Gasteiger partial charge in [0.2, 0.25) is 10.0 Å². The molecule has 0 amide bonds. The van der Waals surface area contributed by atoms with Gasteiger partial charge >= 0.3 is 0 Å². The third kappa shape index (κ3) is 4.67. The second-order valence-corrected chi connectivity index (χ2v) is 8.09. The minimum atomic E-state index is -3.25. The summed E-state index contributed by atoms with van der Waals surface area (Å²) in [5, 5.41) is 1.22. The molecular formula is C19H23N3O2S. The Hall–Kier alpha value is -2.18. The van der Waals surface area contributed by atoms with Crippen molar-refractivity contribution in [3.63, 3.8) is 0 Å². The highest BCUT2D eigenvalue weighted by molar-refractivity contribution is 7.89. The number of rotatable bonds is 8. The van der Waals surface area contributed by atoms with Gasteiger partial charge in [-0.1, -0.05) is 18.2 Å². The van der Waals surface area contributed by atoms with Crippen molar-refractivity contribution in [2.45, 2.75) is 26.3 Å². The number of benzene rings is 1. The van der Waals surface area contributed by atoms with Gasteiger partial charge in [0.05, 0.1) is 5.75 Å². The van der Waals surface area contributed by atoms with Gasteiger partial charge in [0.15, 0.2) is 0 Å². The average molecular weight is 357 g/mol. The summed E-state index contributed by atoms with van der Waals surface area (Å²) in [4.78, 5) is 3.94. The molecule has 1 aromatic carbocycles. The van der Waals surface area contributed by atoms with Crippen LogP contribution in [0.2, 0.25) is 0 Å². The van der Waals surface area contributed by atoms with Gasteiger partial charge in [-0.15, -0.1) is 0 Å². The molecule has 1 N–H and O–H groups in total. The first-order chi connectivity index (χ1) is 12.1. The molecule has 5 nitrogen and oxygen atoms in total. The summed E-state index contributed by atoms with van der Waals surface area (Å²) < 4.78 is 29.2. The van der Waals surface area contributed by atoms with Gasteiger partial charge in [0.1, 0.15) is 0 Å². The number of nitrogens with one attached hydrogen (secondary N) is 1. The normalized spacial score (nSPS) is 11.9. The molecule has 0 unspecified atom stereocenters. The fourth-order valence-electron chi connectivity index (χ4n) is 2.98. The number of pyridine rings is 1. The van der Waals surface area contributed by atoms with Crippen LogP contribution in [0.4, 0.5) is 0 Å². The van der Waals surface area contributed by atoms with E-state index >= 15 is 0 Å². The number of aryl methyl sites for hydroxylation is 3. The van der Waals surface area contributed by atoms with E-state index in [1.807, 2.05) is 24.3 Å². The maximum absolute atomic E-state index is 12.1.